The van der Waals surface area contributed by atoms with E-state index in [0.29, 0.717) is 16.7 Å². The van der Waals surface area contributed by atoms with E-state index in [0.717, 1.165) is 6.54 Å². The fraction of sp³-hybridized carbons (Fsp3) is 0.684. The first-order chi connectivity index (χ1) is 9.94. The summed E-state index contributed by atoms with van der Waals surface area (Å²) in [5, 5.41) is 4.54. The Morgan fingerprint density at radius 1 is 1.29 bits per heavy atom. The SMILES string of the molecule is CCCNC1C(Sc2cc(C)ccc2C)CCCC1(C)C. The summed E-state index contributed by atoms with van der Waals surface area (Å²) >= 11 is 2.10. The van der Waals surface area contributed by atoms with E-state index in [2.05, 4.69) is 69.9 Å². The molecule has 0 bridgehead atoms. The van der Waals surface area contributed by atoms with Gasteiger partial charge in [0.1, 0.15) is 0 Å². The van der Waals surface area contributed by atoms with Crippen LogP contribution < -0.4 is 5.32 Å². The molecule has 1 aliphatic rings. The van der Waals surface area contributed by atoms with Gasteiger partial charge < -0.3 is 5.32 Å². The van der Waals surface area contributed by atoms with Crippen LogP contribution in [0.3, 0.4) is 0 Å². The molecule has 0 radical (unpaired) electrons. The van der Waals surface area contributed by atoms with Crippen LogP contribution in [0.4, 0.5) is 0 Å². The van der Waals surface area contributed by atoms with Gasteiger partial charge in [0.05, 0.1) is 0 Å². The van der Waals surface area contributed by atoms with Gasteiger partial charge >= 0.3 is 0 Å². The molecule has 1 N–H and O–H groups in total. The zero-order valence-electron chi connectivity index (χ0n) is 14.3. The van der Waals surface area contributed by atoms with Crippen molar-refractivity contribution >= 4 is 11.8 Å². The van der Waals surface area contributed by atoms with E-state index in [9.17, 15) is 0 Å². The summed E-state index contributed by atoms with van der Waals surface area (Å²) in [7, 11) is 0. The highest BCUT2D eigenvalue weighted by molar-refractivity contribution is 8.00. The van der Waals surface area contributed by atoms with E-state index in [-0.39, 0.29) is 0 Å². The molecule has 1 saturated carbocycles. The van der Waals surface area contributed by atoms with Crippen LogP contribution in [-0.4, -0.2) is 17.8 Å². The lowest BCUT2D eigenvalue weighted by Gasteiger charge is -2.44. The number of hydrogen-bond acceptors (Lipinski definition) is 2. The van der Waals surface area contributed by atoms with Crippen molar-refractivity contribution in [2.24, 2.45) is 5.41 Å². The first kappa shape index (κ1) is 16.9. The van der Waals surface area contributed by atoms with E-state index >= 15 is 0 Å². The fourth-order valence-corrected chi connectivity index (χ4v) is 5.14. The lowest BCUT2D eigenvalue weighted by atomic mass is 9.73. The van der Waals surface area contributed by atoms with Crippen LogP contribution in [-0.2, 0) is 0 Å². The number of hydrogen-bond donors (Lipinski definition) is 1. The molecule has 0 spiro atoms. The minimum absolute atomic E-state index is 0.406. The van der Waals surface area contributed by atoms with Gasteiger partial charge in [-0.1, -0.05) is 44.9 Å². The standard InChI is InChI=1S/C19H31NS/c1-6-12-20-18-16(8-7-11-19(18,4)5)21-17-13-14(2)9-10-15(17)3/h9-10,13,16,18,20H,6-8,11-12H2,1-5H3. The topological polar surface area (TPSA) is 12.0 Å². The van der Waals surface area contributed by atoms with Crippen molar-refractivity contribution < 1.29 is 0 Å². The highest BCUT2D eigenvalue weighted by Gasteiger charge is 2.39. The van der Waals surface area contributed by atoms with Crippen LogP contribution in [0, 0.1) is 19.3 Å². The Morgan fingerprint density at radius 3 is 2.76 bits per heavy atom. The van der Waals surface area contributed by atoms with Crippen LogP contribution in [0.5, 0.6) is 0 Å². The second-order valence-corrected chi connectivity index (χ2v) is 8.52. The van der Waals surface area contributed by atoms with Gasteiger partial charge in [-0.25, -0.2) is 0 Å². The van der Waals surface area contributed by atoms with Crippen molar-refractivity contribution in [1.29, 1.82) is 0 Å². The van der Waals surface area contributed by atoms with E-state index in [4.69, 9.17) is 0 Å². The molecule has 1 aliphatic carbocycles. The van der Waals surface area contributed by atoms with Gasteiger partial charge in [-0.05, 0) is 56.7 Å². The van der Waals surface area contributed by atoms with Crippen molar-refractivity contribution in [3.63, 3.8) is 0 Å². The van der Waals surface area contributed by atoms with Crippen molar-refractivity contribution in [1.82, 2.24) is 5.32 Å². The van der Waals surface area contributed by atoms with E-state index < -0.39 is 0 Å². The molecule has 0 amide bonds. The minimum Gasteiger partial charge on any atom is -0.312 e. The van der Waals surface area contributed by atoms with E-state index in [1.54, 1.807) is 0 Å². The average Bonchev–Trinajstić information content (AvgIpc) is 2.41. The van der Waals surface area contributed by atoms with Gasteiger partial charge in [0.15, 0.2) is 0 Å². The number of rotatable bonds is 5. The molecule has 0 heterocycles. The lowest BCUT2D eigenvalue weighted by Crippen LogP contribution is -2.51. The molecule has 118 valence electrons. The van der Waals surface area contributed by atoms with Crippen LogP contribution in [0.1, 0.15) is 57.6 Å². The zero-order chi connectivity index (χ0) is 15.5. The lowest BCUT2D eigenvalue weighted by molar-refractivity contribution is 0.175. The third kappa shape index (κ3) is 4.26. The second kappa shape index (κ2) is 7.19. The summed E-state index contributed by atoms with van der Waals surface area (Å²) in [5.41, 5.74) is 3.20. The van der Waals surface area contributed by atoms with Crippen LogP contribution in [0.25, 0.3) is 0 Å². The van der Waals surface area contributed by atoms with Crippen molar-refractivity contribution in [2.75, 3.05) is 6.54 Å². The fourth-order valence-electron chi connectivity index (χ4n) is 3.42. The van der Waals surface area contributed by atoms with Gasteiger partial charge in [0.25, 0.3) is 0 Å². The molecule has 2 atom stereocenters. The smallest absolute Gasteiger partial charge is 0.0253 e. The normalized spacial score (nSPS) is 25.0. The first-order valence-corrected chi connectivity index (χ1v) is 9.29. The molecular formula is C19H31NS. The summed E-state index contributed by atoms with van der Waals surface area (Å²) in [5.74, 6) is 0. The third-order valence-corrected chi connectivity index (χ3v) is 6.26. The Bertz CT molecular complexity index is 467. The maximum Gasteiger partial charge on any atom is 0.0253 e. The molecule has 0 saturated heterocycles. The number of thioether (sulfide) groups is 1. The molecule has 2 unspecified atom stereocenters. The predicted octanol–water partition coefficient (Wildman–Crippen LogP) is 5.34. The summed E-state index contributed by atoms with van der Waals surface area (Å²) in [6.07, 6.45) is 5.26. The molecule has 1 aromatic carbocycles. The van der Waals surface area contributed by atoms with Crippen molar-refractivity contribution in [3.05, 3.63) is 29.3 Å². The Balaban J connectivity index is 2.17. The van der Waals surface area contributed by atoms with Crippen LogP contribution in [0.15, 0.2) is 23.1 Å². The molecule has 0 aromatic heterocycles. The van der Waals surface area contributed by atoms with Gasteiger partial charge in [-0.2, -0.15) is 0 Å². The Hall–Kier alpha value is -0.470. The van der Waals surface area contributed by atoms with Crippen LogP contribution in [0.2, 0.25) is 0 Å². The maximum atomic E-state index is 3.85. The van der Waals surface area contributed by atoms with Crippen molar-refractivity contribution in [3.8, 4) is 0 Å². The molecule has 0 aliphatic heterocycles. The highest BCUT2D eigenvalue weighted by atomic mass is 32.2. The molecular weight excluding hydrogens is 274 g/mol. The van der Waals surface area contributed by atoms with Gasteiger partial charge in [0.2, 0.25) is 0 Å². The molecule has 1 aromatic rings. The maximum absolute atomic E-state index is 3.85. The second-order valence-electron chi connectivity index (χ2n) is 7.24. The highest BCUT2D eigenvalue weighted by Crippen LogP contribution is 2.43. The molecule has 1 nitrogen and oxygen atoms in total. The summed E-state index contributed by atoms with van der Waals surface area (Å²) in [6.45, 7) is 12.7. The molecule has 2 rings (SSSR count). The zero-order valence-corrected chi connectivity index (χ0v) is 15.1. The number of nitrogens with one attached hydrogen (secondary N) is 1. The molecule has 1 fully saturated rings. The third-order valence-electron chi connectivity index (χ3n) is 4.76. The monoisotopic (exact) mass is 305 g/mol. The Labute approximate surface area is 135 Å². The molecule has 2 heteroatoms. The number of benzene rings is 1. The van der Waals surface area contributed by atoms with E-state index in [1.807, 2.05) is 0 Å². The predicted molar refractivity (Wildman–Crippen MR) is 95.3 cm³/mol. The van der Waals surface area contributed by atoms with Gasteiger partial charge in [-0.15, -0.1) is 11.8 Å². The summed E-state index contributed by atoms with van der Waals surface area (Å²) in [6, 6.07) is 7.46. The summed E-state index contributed by atoms with van der Waals surface area (Å²) in [4.78, 5) is 1.47. The average molecular weight is 306 g/mol. The number of aryl methyl sites for hydroxylation is 2. The van der Waals surface area contributed by atoms with Gasteiger partial charge in [0, 0.05) is 16.2 Å². The van der Waals surface area contributed by atoms with Gasteiger partial charge in [-0.3, -0.25) is 0 Å². The van der Waals surface area contributed by atoms with E-state index in [1.165, 1.54) is 41.7 Å². The van der Waals surface area contributed by atoms with Crippen LogP contribution >= 0.6 is 11.8 Å². The minimum atomic E-state index is 0.406. The largest absolute Gasteiger partial charge is 0.312 e. The Kier molecular flexibility index (Phi) is 5.79. The summed E-state index contributed by atoms with van der Waals surface area (Å²) < 4.78 is 0. The van der Waals surface area contributed by atoms with Crippen molar-refractivity contribution in [2.45, 2.75) is 76.5 Å². The quantitative estimate of drug-likeness (QED) is 0.787. The molecule has 21 heavy (non-hydrogen) atoms. The Morgan fingerprint density at radius 2 is 2.05 bits per heavy atom. The first-order valence-electron chi connectivity index (χ1n) is 8.41.